The Morgan fingerprint density at radius 2 is 1.69 bits per heavy atom. The van der Waals surface area contributed by atoms with E-state index in [0.29, 0.717) is 13.1 Å². The van der Waals surface area contributed by atoms with Gasteiger partial charge in [-0.15, -0.1) is 24.0 Å². The molecule has 1 unspecified atom stereocenters. The van der Waals surface area contributed by atoms with Crippen LogP contribution in [-0.4, -0.2) is 63.6 Å². The van der Waals surface area contributed by atoms with E-state index in [1.54, 1.807) is 14.2 Å². The van der Waals surface area contributed by atoms with Crippen LogP contribution in [0.5, 0.6) is 5.75 Å². The molecule has 1 heterocycles. The maximum Gasteiger partial charge on any atom is 0.223 e. The quantitative estimate of drug-likeness (QED) is 0.188. The predicted octanol–water partition coefficient (Wildman–Crippen LogP) is 3.31. The van der Waals surface area contributed by atoms with E-state index in [4.69, 9.17) is 4.74 Å². The van der Waals surface area contributed by atoms with E-state index in [1.807, 2.05) is 12.1 Å². The summed E-state index contributed by atoms with van der Waals surface area (Å²) in [6, 6.07) is 8.65. The molecule has 180 valence electrons. The minimum atomic E-state index is 0. The molecular formula is C24H40IN5O2. The van der Waals surface area contributed by atoms with E-state index in [0.717, 1.165) is 44.2 Å². The van der Waals surface area contributed by atoms with Crippen LogP contribution < -0.4 is 20.7 Å². The highest BCUT2D eigenvalue weighted by atomic mass is 127. The minimum absolute atomic E-state index is 0. The zero-order valence-corrected chi connectivity index (χ0v) is 21.9. The van der Waals surface area contributed by atoms with Gasteiger partial charge in [0, 0.05) is 32.6 Å². The Balaban J connectivity index is 0.00000363. The van der Waals surface area contributed by atoms with Gasteiger partial charge in [-0.1, -0.05) is 31.4 Å². The van der Waals surface area contributed by atoms with Crippen LogP contribution in [0.25, 0.3) is 0 Å². The van der Waals surface area contributed by atoms with E-state index in [1.165, 1.54) is 37.7 Å². The lowest BCUT2D eigenvalue weighted by Gasteiger charge is -2.29. The van der Waals surface area contributed by atoms with E-state index in [9.17, 15) is 4.79 Å². The number of guanidine groups is 1. The van der Waals surface area contributed by atoms with Crippen molar-refractivity contribution in [3.8, 4) is 5.75 Å². The summed E-state index contributed by atoms with van der Waals surface area (Å²) in [7, 11) is 3.48. The zero-order chi connectivity index (χ0) is 21.9. The number of aliphatic imine (C=N–C) groups is 1. The fraction of sp³-hybridized carbons (Fsp3) is 0.667. The average molecular weight is 558 g/mol. The number of hydrogen-bond acceptors (Lipinski definition) is 4. The van der Waals surface area contributed by atoms with E-state index >= 15 is 0 Å². The largest absolute Gasteiger partial charge is 0.497 e. The fourth-order valence-corrected chi connectivity index (χ4v) is 4.63. The smallest absolute Gasteiger partial charge is 0.223 e. The molecule has 0 spiro atoms. The van der Waals surface area contributed by atoms with Gasteiger partial charge < -0.3 is 20.7 Å². The van der Waals surface area contributed by atoms with Crippen LogP contribution >= 0.6 is 24.0 Å². The van der Waals surface area contributed by atoms with Crippen molar-refractivity contribution in [1.82, 2.24) is 20.9 Å². The number of nitrogens with zero attached hydrogens (tertiary/aromatic N) is 2. The Kier molecular flexibility index (Phi) is 12.2. The summed E-state index contributed by atoms with van der Waals surface area (Å²) in [6.07, 6.45) is 8.19. The number of benzene rings is 1. The number of amides is 1. The van der Waals surface area contributed by atoms with Crippen LogP contribution in [0.15, 0.2) is 29.3 Å². The van der Waals surface area contributed by atoms with Crippen molar-refractivity contribution in [2.75, 3.05) is 46.9 Å². The molecule has 1 saturated carbocycles. The summed E-state index contributed by atoms with van der Waals surface area (Å²) in [5.41, 5.74) is 1.28. The van der Waals surface area contributed by atoms with Crippen LogP contribution in [0.4, 0.5) is 0 Å². The summed E-state index contributed by atoms with van der Waals surface area (Å²) in [5.74, 6) is 2.06. The van der Waals surface area contributed by atoms with Crippen molar-refractivity contribution in [2.24, 2.45) is 10.9 Å². The number of halogens is 1. The van der Waals surface area contributed by atoms with Gasteiger partial charge in [0.05, 0.1) is 13.2 Å². The molecule has 1 aliphatic heterocycles. The second-order valence-corrected chi connectivity index (χ2v) is 8.54. The van der Waals surface area contributed by atoms with Crippen molar-refractivity contribution in [2.45, 2.75) is 51.0 Å². The molecule has 1 amide bonds. The van der Waals surface area contributed by atoms with Crippen LogP contribution in [0, 0.1) is 5.92 Å². The molecular weight excluding hydrogens is 517 g/mol. The molecule has 7 nitrogen and oxygen atoms in total. The molecule has 0 aromatic heterocycles. The van der Waals surface area contributed by atoms with Crippen molar-refractivity contribution in [1.29, 1.82) is 0 Å². The van der Waals surface area contributed by atoms with Crippen molar-refractivity contribution < 1.29 is 9.53 Å². The van der Waals surface area contributed by atoms with Crippen LogP contribution in [0.1, 0.15) is 56.6 Å². The lowest BCUT2D eigenvalue weighted by Crippen LogP contribution is -2.45. The summed E-state index contributed by atoms with van der Waals surface area (Å²) in [6.45, 7) is 4.30. The molecule has 0 radical (unpaired) electrons. The highest BCUT2D eigenvalue weighted by molar-refractivity contribution is 14.0. The van der Waals surface area contributed by atoms with Crippen LogP contribution in [0.3, 0.4) is 0 Å². The van der Waals surface area contributed by atoms with E-state index < -0.39 is 0 Å². The molecule has 0 bridgehead atoms. The first-order valence-corrected chi connectivity index (χ1v) is 11.8. The SMILES string of the molecule is CN=C(NCCNC(=O)C1CCCCC1)NCC(c1ccc(OC)cc1)N1CCCC1.I. The van der Waals surface area contributed by atoms with Crippen molar-refractivity contribution in [3.05, 3.63) is 29.8 Å². The van der Waals surface area contributed by atoms with Gasteiger partial charge in [-0.2, -0.15) is 0 Å². The molecule has 1 aliphatic carbocycles. The summed E-state index contributed by atoms with van der Waals surface area (Å²) in [4.78, 5) is 19.2. The van der Waals surface area contributed by atoms with E-state index in [-0.39, 0.29) is 41.8 Å². The number of likely N-dealkylation sites (tertiary alicyclic amines) is 1. The Morgan fingerprint density at radius 1 is 1.03 bits per heavy atom. The molecule has 2 aliphatic rings. The molecule has 2 fully saturated rings. The second kappa shape index (κ2) is 14.6. The standard InChI is InChI=1S/C24H39N5O2.HI/c1-25-24(27-15-14-26-23(30)20-8-4-3-5-9-20)28-18-22(29-16-6-7-17-29)19-10-12-21(31-2)13-11-19;/h10-13,20,22H,3-9,14-18H2,1-2H3,(H,26,30)(H2,25,27,28);1H. The number of hydrogen-bond donors (Lipinski definition) is 3. The molecule has 1 aromatic rings. The lowest BCUT2D eigenvalue weighted by atomic mass is 9.89. The number of ether oxygens (including phenoxy) is 1. The number of carbonyl (C=O) groups excluding carboxylic acids is 1. The Labute approximate surface area is 210 Å². The van der Waals surface area contributed by atoms with Crippen LogP contribution in [-0.2, 0) is 4.79 Å². The Hall–Kier alpha value is -1.55. The predicted molar refractivity (Wildman–Crippen MR) is 141 cm³/mol. The van der Waals surface area contributed by atoms with Gasteiger partial charge in [0.25, 0.3) is 0 Å². The van der Waals surface area contributed by atoms with Gasteiger partial charge in [-0.25, -0.2) is 0 Å². The number of carbonyl (C=O) groups is 1. The summed E-state index contributed by atoms with van der Waals surface area (Å²) in [5, 5.41) is 9.88. The molecule has 1 atom stereocenters. The fourth-order valence-electron chi connectivity index (χ4n) is 4.63. The third-order valence-corrected chi connectivity index (χ3v) is 6.46. The topological polar surface area (TPSA) is 78.0 Å². The van der Waals surface area contributed by atoms with Gasteiger partial charge >= 0.3 is 0 Å². The first kappa shape index (κ1) is 26.7. The Bertz CT molecular complexity index is 701. The Morgan fingerprint density at radius 3 is 2.31 bits per heavy atom. The van der Waals surface area contributed by atoms with E-state index in [2.05, 4.69) is 38.0 Å². The highest BCUT2D eigenvalue weighted by Gasteiger charge is 2.24. The molecule has 3 N–H and O–H groups in total. The highest BCUT2D eigenvalue weighted by Crippen LogP contribution is 2.26. The molecule has 32 heavy (non-hydrogen) atoms. The van der Waals surface area contributed by atoms with Gasteiger partial charge in [0.1, 0.15) is 5.75 Å². The molecule has 8 heteroatoms. The molecule has 1 saturated heterocycles. The first-order valence-electron chi connectivity index (χ1n) is 11.8. The number of methoxy groups -OCH3 is 1. The maximum absolute atomic E-state index is 12.3. The zero-order valence-electron chi connectivity index (χ0n) is 19.6. The lowest BCUT2D eigenvalue weighted by molar-refractivity contribution is -0.125. The third kappa shape index (κ3) is 8.10. The van der Waals surface area contributed by atoms with Crippen LogP contribution in [0.2, 0.25) is 0 Å². The van der Waals surface area contributed by atoms with Crippen molar-refractivity contribution >= 4 is 35.8 Å². The molecule has 1 aromatic carbocycles. The van der Waals surface area contributed by atoms with Gasteiger partial charge in [0.15, 0.2) is 5.96 Å². The third-order valence-electron chi connectivity index (χ3n) is 6.46. The summed E-state index contributed by atoms with van der Waals surface area (Å²) >= 11 is 0. The second-order valence-electron chi connectivity index (χ2n) is 8.54. The maximum atomic E-state index is 12.3. The van der Waals surface area contributed by atoms with Crippen molar-refractivity contribution in [3.63, 3.8) is 0 Å². The van der Waals surface area contributed by atoms with Gasteiger partial charge in [-0.3, -0.25) is 14.7 Å². The first-order chi connectivity index (χ1) is 15.2. The normalized spacial score (nSPS) is 18.5. The molecule has 3 rings (SSSR count). The van der Waals surface area contributed by atoms with Gasteiger partial charge in [-0.05, 0) is 56.5 Å². The summed E-state index contributed by atoms with van der Waals surface area (Å²) < 4.78 is 5.31. The monoisotopic (exact) mass is 557 g/mol. The van der Waals surface area contributed by atoms with Gasteiger partial charge in [0.2, 0.25) is 5.91 Å². The minimum Gasteiger partial charge on any atom is -0.497 e. The number of rotatable bonds is 9. The number of nitrogens with one attached hydrogen (secondary N) is 3. The average Bonchev–Trinajstić information content (AvgIpc) is 3.36.